The summed E-state index contributed by atoms with van der Waals surface area (Å²) in [6.45, 7) is 2.13. The van der Waals surface area contributed by atoms with Crippen molar-refractivity contribution in [3.63, 3.8) is 0 Å². The summed E-state index contributed by atoms with van der Waals surface area (Å²) in [5.41, 5.74) is 0. The van der Waals surface area contributed by atoms with Crippen LogP contribution in [0.25, 0.3) is 0 Å². The quantitative estimate of drug-likeness (QED) is 0.339. The number of carboxylic acids is 2. The molecule has 5 heteroatoms. The second-order valence-electron chi connectivity index (χ2n) is 3.82. The van der Waals surface area contributed by atoms with Gasteiger partial charge in [0.1, 0.15) is 0 Å². The van der Waals surface area contributed by atoms with E-state index in [2.05, 4.69) is 6.92 Å². The molecule has 1 atom stereocenters. The molecule has 0 saturated carbocycles. The first kappa shape index (κ1) is 19.0. The first-order valence-corrected chi connectivity index (χ1v) is 5.69. The van der Waals surface area contributed by atoms with Crippen LogP contribution in [0.2, 0.25) is 0 Å². The molecule has 94 valence electrons. The zero-order chi connectivity index (χ0) is 12.4. The molecule has 0 bridgehead atoms. The fraction of sp³-hybridized carbons (Fsp3) is 0.667. The summed E-state index contributed by atoms with van der Waals surface area (Å²) >= 11 is 0. The van der Waals surface area contributed by atoms with Gasteiger partial charge in [0, 0.05) is 0 Å². The number of carboxylic acid groups (broad SMARTS) is 2. The fourth-order valence-electron chi connectivity index (χ4n) is 1.38. The Labute approximate surface area is 126 Å². The minimum atomic E-state index is -1.08. The number of rotatable bonds is 9. The van der Waals surface area contributed by atoms with Crippen molar-refractivity contribution in [3.8, 4) is 0 Å². The molecule has 1 unspecified atom stereocenters. The van der Waals surface area contributed by atoms with E-state index in [-0.39, 0.29) is 37.4 Å². The van der Waals surface area contributed by atoms with Gasteiger partial charge in [-0.25, -0.2) is 0 Å². The topological polar surface area (TPSA) is 74.6 Å². The molecule has 2 N–H and O–H groups in total. The van der Waals surface area contributed by atoms with Crippen LogP contribution in [-0.4, -0.2) is 22.2 Å². The third-order valence-electron chi connectivity index (χ3n) is 2.30. The molecule has 0 aromatic heterocycles. The summed E-state index contributed by atoms with van der Waals surface area (Å²) in [6, 6.07) is 0. The molecule has 0 aliphatic rings. The van der Waals surface area contributed by atoms with Gasteiger partial charge in [0.05, 0.1) is 12.3 Å². The van der Waals surface area contributed by atoms with E-state index < -0.39 is 17.9 Å². The van der Waals surface area contributed by atoms with Crippen molar-refractivity contribution in [2.24, 2.45) is 5.92 Å². The number of unbranched alkanes of at least 4 members (excludes halogenated alkanes) is 4. The third-order valence-corrected chi connectivity index (χ3v) is 2.30. The minimum absolute atomic E-state index is 0. The molecule has 0 aromatic rings. The first-order valence-electron chi connectivity index (χ1n) is 5.69. The molecule has 0 aliphatic heterocycles. The summed E-state index contributed by atoms with van der Waals surface area (Å²) < 4.78 is 0. The van der Waals surface area contributed by atoms with Crippen molar-refractivity contribution in [2.45, 2.75) is 45.4 Å². The molecular weight excluding hydrogens is 231 g/mol. The molecular formula is C12H21NaO4. The van der Waals surface area contributed by atoms with E-state index in [0.29, 0.717) is 0 Å². The fourth-order valence-corrected chi connectivity index (χ4v) is 1.38. The number of allylic oxidation sites excluding steroid dienone is 1. The molecule has 4 nitrogen and oxygen atoms in total. The molecule has 0 amide bonds. The van der Waals surface area contributed by atoms with Crippen LogP contribution in [0.5, 0.6) is 0 Å². The van der Waals surface area contributed by atoms with Crippen LogP contribution in [0.4, 0.5) is 0 Å². The summed E-state index contributed by atoms with van der Waals surface area (Å²) in [5.74, 6) is -3.06. The van der Waals surface area contributed by atoms with Crippen molar-refractivity contribution in [2.75, 3.05) is 0 Å². The van der Waals surface area contributed by atoms with E-state index >= 15 is 0 Å². The average Bonchev–Trinajstić information content (AvgIpc) is 2.20. The number of hydrogen-bond donors (Lipinski definition) is 2. The molecule has 0 rings (SSSR count). The second-order valence-corrected chi connectivity index (χ2v) is 3.82. The summed E-state index contributed by atoms with van der Waals surface area (Å²) in [5, 5.41) is 17.3. The van der Waals surface area contributed by atoms with Crippen LogP contribution in [0, 0.1) is 5.92 Å². The maximum Gasteiger partial charge on any atom is 1.00 e. The minimum Gasteiger partial charge on any atom is -1.00 e. The van der Waals surface area contributed by atoms with Crippen LogP contribution >= 0.6 is 0 Å². The van der Waals surface area contributed by atoms with Crippen LogP contribution in [0.15, 0.2) is 12.2 Å². The molecule has 0 radical (unpaired) electrons. The Morgan fingerprint density at radius 1 is 1.24 bits per heavy atom. The normalized spacial score (nSPS) is 12.1. The van der Waals surface area contributed by atoms with Crippen LogP contribution < -0.4 is 29.6 Å². The SMILES string of the molecule is CCCCCCC=CC(CC(=O)O)C(=O)O.[H-].[Na+]. The van der Waals surface area contributed by atoms with Gasteiger partial charge < -0.3 is 11.6 Å². The van der Waals surface area contributed by atoms with Gasteiger partial charge in [0.25, 0.3) is 0 Å². The second kappa shape index (κ2) is 12.1. The standard InChI is InChI=1S/C12H20O4.Na.H/c1-2-3-4-5-6-7-8-10(12(15)16)9-11(13)14;;/h7-8,10H,2-6,9H2,1H3,(H,13,14)(H,15,16);;/q;+1;-1. The Morgan fingerprint density at radius 2 is 1.88 bits per heavy atom. The van der Waals surface area contributed by atoms with Gasteiger partial charge in [-0.1, -0.05) is 38.3 Å². The smallest absolute Gasteiger partial charge is 1.00 e. The molecule has 0 aliphatic carbocycles. The Balaban J connectivity index is -0.00000112. The van der Waals surface area contributed by atoms with Crippen LogP contribution in [-0.2, 0) is 9.59 Å². The predicted molar refractivity (Wildman–Crippen MR) is 62.4 cm³/mol. The number of hydrogen-bond acceptors (Lipinski definition) is 2. The summed E-state index contributed by atoms with van der Waals surface area (Å²) in [7, 11) is 0. The van der Waals surface area contributed by atoms with Crippen molar-refractivity contribution in [1.29, 1.82) is 0 Å². The molecule has 0 aromatic carbocycles. The van der Waals surface area contributed by atoms with E-state index in [4.69, 9.17) is 10.2 Å². The van der Waals surface area contributed by atoms with Crippen LogP contribution in [0.3, 0.4) is 0 Å². The van der Waals surface area contributed by atoms with E-state index in [1.54, 1.807) is 6.08 Å². The zero-order valence-corrected chi connectivity index (χ0v) is 12.7. The zero-order valence-electron chi connectivity index (χ0n) is 11.7. The Hall–Kier alpha value is -0.320. The monoisotopic (exact) mass is 252 g/mol. The number of aliphatic carboxylic acids is 2. The van der Waals surface area contributed by atoms with Crippen molar-refractivity contribution in [1.82, 2.24) is 0 Å². The Kier molecular flexibility index (Phi) is 13.6. The van der Waals surface area contributed by atoms with Gasteiger partial charge in [-0.05, 0) is 12.8 Å². The van der Waals surface area contributed by atoms with E-state index in [1.807, 2.05) is 0 Å². The van der Waals surface area contributed by atoms with Gasteiger partial charge in [0.2, 0.25) is 0 Å². The summed E-state index contributed by atoms with van der Waals surface area (Å²) in [4.78, 5) is 21.1. The van der Waals surface area contributed by atoms with Crippen molar-refractivity contribution < 1.29 is 50.8 Å². The maximum absolute atomic E-state index is 10.7. The van der Waals surface area contributed by atoms with Gasteiger partial charge in [-0.2, -0.15) is 0 Å². The van der Waals surface area contributed by atoms with E-state index in [9.17, 15) is 9.59 Å². The molecule has 0 heterocycles. The average molecular weight is 252 g/mol. The van der Waals surface area contributed by atoms with Crippen LogP contribution in [0.1, 0.15) is 46.9 Å². The van der Waals surface area contributed by atoms with E-state index in [1.165, 1.54) is 18.9 Å². The molecule has 0 fully saturated rings. The van der Waals surface area contributed by atoms with Gasteiger partial charge in [-0.3, -0.25) is 9.59 Å². The Bertz CT molecular complexity index is 256. The van der Waals surface area contributed by atoms with Gasteiger partial charge in [-0.15, -0.1) is 0 Å². The Morgan fingerprint density at radius 3 is 2.35 bits per heavy atom. The molecule has 0 saturated heterocycles. The first-order chi connectivity index (χ1) is 7.57. The molecule has 17 heavy (non-hydrogen) atoms. The van der Waals surface area contributed by atoms with Gasteiger partial charge >= 0.3 is 41.5 Å². The maximum atomic E-state index is 10.7. The van der Waals surface area contributed by atoms with Crippen molar-refractivity contribution >= 4 is 11.9 Å². The predicted octanol–water partition coefficient (Wildman–Crippen LogP) is -0.195. The van der Waals surface area contributed by atoms with E-state index in [0.717, 1.165) is 19.3 Å². The third kappa shape index (κ3) is 11.9. The summed E-state index contributed by atoms with van der Waals surface area (Å²) in [6.07, 6.45) is 8.26. The number of carbonyl (C=O) groups is 2. The van der Waals surface area contributed by atoms with Crippen molar-refractivity contribution in [3.05, 3.63) is 12.2 Å². The van der Waals surface area contributed by atoms with Gasteiger partial charge in [0.15, 0.2) is 0 Å². The molecule has 0 spiro atoms. The largest absolute Gasteiger partial charge is 1.00 e.